The molecular weight excluding hydrogens is 397 g/mol. The number of carboxylic acids is 1. The van der Waals surface area contributed by atoms with Gasteiger partial charge in [0.05, 0.1) is 25.6 Å². The molecule has 0 aliphatic rings. The molecule has 1 aromatic heterocycles. The lowest BCUT2D eigenvalue weighted by Crippen LogP contribution is -2.31. The largest absolute Gasteiger partial charge is 0.573 e. The summed E-state index contributed by atoms with van der Waals surface area (Å²) in [5, 5.41) is 11.8. The summed E-state index contributed by atoms with van der Waals surface area (Å²) < 4.78 is 56.5. The fourth-order valence-electron chi connectivity index (χ4n) is 2.56. The van der Waals surface area contributed by atoms with Crippen LogP contribution in [0.5, 0.6) is 17.4 Å². The maximum absolute atomic E-state index is 12.4. The maximum atomic E-state index is 12.4. The number of carboxylic acid groups (broad SMARTS) is 1. The number of aromatic nitrogens is 1. The maximum Gasteiger partial charge on any atom is 0.573 e. The van der Waals surface area contributed by atoms with Crippen molar-refractivity contribution in [1.82, 2.24) is 4.98 Å². The van der Waals surface area contributed by atoms with E-state index in [1.165, 1.54) is 27.4 Å². The molecule has 11 heteroatoms. The average Bonchev–Trinajstić information content (AvgIpc) is 2.64. The van der Waals surface area contributed by atoms with E-state index in [2.05, 4.69) is 15.0 Å². The number of carbonyl (C=O) groups is 1. The molecule has 1 aromatic carbocycles. The second-order valence-electron chi connectivity index (χ2n) is 5.72. The molecule has 0 radical (unpaired) electrons. The van der Waals surface area contributed by atoms with Gasteiger partial charge in [-0.05, 0) is 30.7 Å². The zero-order valence-corrected chi connectivity index (χ0v) is 16.0. The van der Waals surface area contributed by atoms with Crippen LogP contribution in [0.3, 0.4) is 0 Å². The standard InChI is InChI=1S/C18H19F3N2O6/c1-9-7-12(22-16(28-4)17(24)25)15(27-3)23-14(9)11-6-5-10(8-13(11)26-2)29-18(19,20)21/h5-8,16,22H,1-4H3,(H,24,25). The third-order valence-electron chi connectivity index (χ3n) is 3.78. The van der Waals surface area contributed by atoms with Crippen LogP contribution in [0, 0.1) is 6.92 Å². The van der Waals surface area contributed by atoms with E-state index >= 15 is 0 Å². The zero-order valence-electron chi connectivity index (χ0n) is 16.0. The SMILES string of the molecule is COc1cc(OC(F)(F)F)ccc1-c1nc(OC)c(NC(OC)C(=O)O)cc1C. The van der Waals surface area contributed by atoms with Gasteiger partial charge < -0.3 is 29.4 Å². The molecule has 2 aromatic rings. The number of pyridine rings is 1. The van der Waals surface area contributed by atoms with Crippen molar-refractivity contribution in [3.63, 3.8) is 0 Å². The van der Waals surface area contributed by atoms with Gasteiger partial charge in [-0.25, -0.2) is 9.78 Å². The minimum absolute atomic E-state index is 0.0616. The minimum Gasteiger partial charge on any atom is -0.496 e. The number of halogens is 3. The lowest BCUT2D eigenvalue weighted by atomic mass is 10.0. The van der Waals surface area contributed by atoms with Gasteiger partial charge in [-0.1, -0.05) is 0 Å². The van der Waals surface area contributed by atoms with Crippen molar-refractivity contribution in [1.29, 1.82) is 0 Å². The summed E-state index contributed by atoms with van der Waals surface area (Å²) >= 11 is 0. The monoisotopic (exact) mass is 416 g/mol. The van der Waals surface area contributed by atoms with Crippen LogP contribution in [-0.4, -0.2) is 50.0 Å². The van der Waals surface area contributed by atoms with E-state index in [0.29, 0.717) is 16.8 Å². The van der Waals surface area contributed by atoms with Crippen molar-refractivity contribution in [2.24, 2.45) is 0 Å². The number of benzene rings is 1. The summed E-state index contributed by atoms with van der Waals surface area (Å²) in [7, 11) is 3.86. The number of hydrogen-bond donors (Lipinski definition) is 2. The number of aliphatic carboxylic acids is 1. The van der Waals surface area contributed by atoms with Crippen LogP contribution >= 0.6 is 0 Å². The van der Waals surface area contributed by atoms with Crippen molar-refractivity contribution in [2.45, 2.75) is 19.5 Å². The smallest absolute Gasteiger partial charge is 0.496 e. The number of methoxy groups -OCH3 is 3. The molecule has 0 saturated carbocycles. The summed E-state index contributed by atoms with van der Waals surface area (Å²) in [4.78, 5) is 15.5. The first-order chi connectivity index (χ1) is 13.6. The topological polar surface area (TPSA) is 99.1 Å². The van der Waals surface area contributed by atoms with Crippen LogP contribution in [0.15, 0.2) is 24.3 Å². The molecule has 1 unspecified atom stereocenters. The number of nitrogens with one attached hydrogen (secondary N) is 1. The normalized spacial score (nSPS) is 12.2. The lowest BCUT2D eigenvalue weighted by Gasteiger charge is -2.19. The Labute approximate surface area is 164 Å². The zero-order chi connectivity index (χ0) is 21.8. The summed E-state index contributed by atoms with van der Waals surface area (Å²) in [5.41, 5.74) is 1.60. The van der Waals surface area contributed by atoms with Gasteiger partial charge in [0, 0.05) is 18.7 Å². The van der Waals surface area contributed by atoms with Crippen LogP contribution in [0.1, 0.15) is 5.56 Å². The molecule has 29 heavy (non-hydrogen) atoms. The molecule has 8 nitrogen and oxygen atoms in total. The number of ether oxygens (including phenoxy) is 4. The van der Waals surface area contributed by atoms with E-state index in [1.54, 1.807) is 13.0 Å². The fourth-order valence-corrected chi connectivity index (χ4v) is 2.56. The van der Waals surface area contributed by atoms with Gasteiger partial charge in [0.25, 0.3) is 0 Å². The summed E-state index contributed by atoms with van der Waals surface area (Å²) in [6.07, 6.45) is -6.16. The summed E-state index contributed by atoms with van der Waals surface area (Å²) in [6.45, 7) is 1.69. The molecule has 1 heterocycles. The molecular formula is C18H19F3N2O6. The Balaban J connectivity index is 2.48. The van der Waals surface area contributed by atoms with Crippen molar-refractivity contribution >= 4 is 11.7 Å². The molecule has 0 aliphatic heterocycles. The van der Waals surface area contributed by atoms with Gasteiger partial charge in [0.15, 0.2) is 0 Å². The van der Waals surface area contributed by atoms with Gasteiger partial charge >= 0.3 is 12.3 Å². The fraction of sp³-hybridized carbons (Fsp3) is 0.333. The van der Waals surface area contributed by atoms with Crippen molar-refractivity contribution in [2.75, 3.05) is 26.6 Å². The third kappa shape index (κ3) is 5.41. The van der Waals surface area contributed by atoms with Gasteiger partial charge in [0.2, 0.25) is 12.1 Å². The number of rotatable bonds is 8. The van der Waals surface area contributed by atoms with E-state index in [0.717, 1.165) is 12.1 Å². The minimum atomic E-state index is -4.83. The Hall–Kier alpha value is -3.21. The highest BCUT2D eigenvalue weighted by Gasteiger charge is 2.31. The molecule has 2 N–H and O–H groups in total. The molecule has 0 aliphatic carbocycles. The first-order valence-electron chi connectivity index (χ1n) is 8.11. The molecule has 0 bridgehead atoms. The first-order valence-corrected chi connectivity index (χ1v) is 8.11. The average molecular weight is 416 g/mol. The Morgan fingerprint density at radius 3 is 2.38 bits per heavy atom. The highest BCUT2D eigenvalue weighted by Crippen LogP contribution is 2.38. The highest BCUT2D eigenvalue weighted by atomic mass is 19.4. The van der Waals surface area contributed by atoms with Gasteiger partial charge in [-0.15, -0.1) is 13.2 Å². The predicted octanol–water partition coefficient (Wildman–Crippen LogP) is 3.44. The van der Waals surface area contributed by atoms with Crippen LogP contribution in [0.25, 0.3) is 11.3 Å². The van der Waals surface area contributed by atoms with Gasteiger partial charge in [-0.2, -0.15) is 0 Å². The quantitative estimate of drug-likeness (QED) is 0.632. The predicted molar refractivity (Wildman–Crippen MR) is 96.3 cm³/mol. The number of nitrogens with zero attached hydrogens (tertiary/aromatic N) is 1. The molecule has 0 spiro atoms. The second kappa shape index (κ2) is 8.86. The second-order valence-corrected chi connectivity index (χ2v) is 5.72. The third-order valence-corrected chi connectivity index (χ3v) is 3.78. The van der Waals surface area contributed by atoms with Crippen LogP contribution in [0.4, 0.5) is 18.9 Å². The van der Waals surface area contributed by atoms with Crippen LogP contribution in [0.2, 0.25) is 0 Å². The Morgan fingerprint density at radius 1 is 1.17 bits per heavy atom. The summed E-state index contributed by atoms with van der Waals surface area (Å²) in [5.74, 6) is -1.51. The Kier molecular flexibility index (Phi) is 6.75. The Morgan fingerprint density at radius 2 is 1.86 bits per heavy atom. The van der Waals surface area contributed by atoms with E-state index in [4.69, 9.17) is 19.3 Å². The molecule has 2 rings (SSSR count). The van der Waals surface area contributed by atoms with E-state index in [9.17, 15) is 18.0 Å². The number of anilines is 1. The molecule has 1 atom stereocenters. The summed E-state index contributed by atoms with van der Waals surface area (Å²) in [6, 6.07) is 5.18. The van der Waals surface area contributed by atoms with Crippen molar-refractivity contribution in [3.05, 3.63) is 29.8 Å². The van der Waals surface area contributed by atoms with Crippen molar-refractivity contribution in [3.8, 4) is 28.6 Å². The molecule has 0 amide bonds. The number of aryl methyl sites for hydroxylation is 1. The first kappa shape index (κ1) is 22.1. The lowest BCUT2D eigenvalue weighted by molar-refractivity contribution is -0.274. The molecule has 0 fully saturated rings. The number of alkyl halides is 3. The van der Waals surface area contributed by atoms with Crippen LogP contribution in [-0.2, 0) is 9.53 Å². The van der Waals surface area contributed by atoms with Crippen molar-refractivity contribution < 1.29 is 42.0 Å². The Bertz CT molecular complexity index is 889. The van der Waals surface area contributed by atoms with Crippen LogP contribution < -0.4 is 19.5 Å². The molecule has 0 saturated heterocycles. The molecule has 158 valence electrons. The highest BCUT2D eigenvalue weighted by molar-refractivity contribution is 5.78. The van der Waals surface area contributed by atoms with E-state index < -0.39 is 24.3 Å². The number of hydrogen-bond acceptors (Lipinski definition) is 7. The van der Waals surface area contributed by atoms with Gasteiger partial charge in [-0.3, -0.25) is 0 Å². The van der Waals surface area contributed by atoms with E-state index in [-0.39, 0.29) is 17.3 Å². The van der Waals surface area contributed by atoms with E-state index in [1.807, 2.05) is 0 Å². The van der Waals surface area contributed by atoms with Gasteiger partial charge in [0.1, 0.15) is 11.5 Å².